The van der Waals surface area contributed by atoms with Crippen molar-refractivity contribution in [2.75, 3.05) is 11.9 Å². The number of fused-ring (bicyclic) bond motifs is 1. The second kappa shape index (κ2) is 5.70. The van der Waals surface area contributed by atoms with Crippen LogP contribution in [-0.4, -0.2) is 16.5 Å². The minimum absolute atomic E-state index is 0.879. The van der Waals surface area contributed by atoms with Gasteiger partial charge in [0.05, 0.1) is 5.69 Å². The predicted octanol–water partition coefficient (Wildman–Crippen LogP) is 4.12. The Kier molecular flexibility index (Phi) is 3.59. The molecule has 3 rings (SSSR count). The Morgan fingerprint density at radius 3 is 2.75 bits per heavy atom. The van der Waals surface area contributed by atoms with Gasteiger partial charge in [-0.15, -0.1) is 0 Å². The molecule has 0 amide bonds. The number of aromatic nitrogens is 2. The summed E-state index contributed by atoms with van der Waals surface area (Å²) in [5.74, 6) is 0.879. The Labute approximate surface area is 118 Å². The molecule has 1 N–H and O–H groups in total. The summed E-state index contributed by atoms with van der Waals surface area (Å²) in [5.41, 5.74) is 2.10. The van der Waals surface area contributed by atoms with Crippen molar-refractivity contribution in [1.82, 2.24) is 9.97 Å². The lowest BCUT2D eigenvalue weighted by molar-refractivity contribution is 0.965. The molecule has 3 heteroatoms. The second-order valence-corrected chi connectivity index (χ2v) is 4.74. The van der Waals surface area contributed by atoms with Gasteiger partial charge in [0.2, 0.25) is 0 Å². The van der Waals surface area contributed by atoms with Gasteiger partial charge in [0.15, 0.2) is 0 Å². The van der Waals surface area contributed by atoms with Crippen molar-refractivity contribution in [3.8, 4) is 11.3 Å². The van der Waals surface area contributed by atoms with Gasteiger partial charge >= 0.3 is 0 Å². The number of anilines is 1. The molecule has 0 aliphatic heterocycles. The number of benzene rings is 2. The maximum absolute atomic E-state index is 4.42. The third kappa shape index (κ3) is 2.48. The van der Waals surface area contributed by atoms with Crippen LogP contribution >= 0.6 is 0 Å². The monoisotopic (exact) mass is 263 g/mol. The van der Waals surface area contributed by atoms with Gasteiger partial charge in [0.1, 0.15) is 12.1 Å². The highest BCUT2D eigenvalue weighted by Crippen LogP contribution is 2.27. The van der Waals surface area contributed by atoms with Gasteiger partial charge in [-0.1, -0.05) is 49.4 Å². The molecule has 0 aliphatic carbocycles. The Bertz CT molecular complexity index is 717. The first-order valence-corrected chi connectivity index (χ1v) is 6.92. The number of nitrogens with one attached hydrogen (secondary N) is 1. The highest BCUT2D eigenvalue weighted by molar-refractivity contribution is 5.95. The van der Waals surface area contributed by atoms with E-state index in [9.17, 15) is 0 Å². The first-order chi connectivity index (χ1) is 9.88. The Hall–Kier alpha value is -2.42. The van der Waals surface area contributed by atoms with Crippen molar-refractivity contribution in [1.29, 1.82) is 0 Å². The second-order valence-electron chi connectivity index (χ2n) is 4.74. The van der Waals surface area contributed by atoms with Crippen LogP contribution in [0, 0.1) is 0 Å². The van der Waals surface area contributed by atoms with Crippen molar-refractivity contribution >= 4 is 16.6 Å². The van der Waals surface area contributed by atoms with Gasteiger partial charge in [0, 0.05) is 18.2 Å². The summed E-state index contributed by atoms with van der Waals surface area (Å²) in [5, 5.41) is 5.75. The molecule has 20 heavy (non-hydrogen) atoms. The zero-order valence-corrected chi connectivity index (χ0v) is 11.5. The average molecular weight is 263 g/mol. The average Bonchev–Trinajstić information content (AvgIpc) is 2.52. The highest BCUT2D eigenvalue weighted by atomic mass is 15.0. The molecule has 0 atom stereocenters. The van der Waals surface area contributed by atoms with E-state index < -0.39 is 0 Å². The maximum Gasteiger partial charge on any atom is 0.129 e. The van der Waals surface area contributed by atoms with E-state index in [0.29, 0.717) is 0 Å². The molecule has 1 heterocycles. The fraction of sp³-hybridized carbons (Fsp3) is 0.176. The predicted molar refractivity (Wildman–Crippen MR) is 83.8 cm³/mol. The van der Waals surface area contributed by atoms with E-state index in [-0.39, 0.29) is 0 Å². The quantitative estimate of drug-likeness (QED) is 0.769. The topological polar surface area (TPSA) is 37.8 Å². The molecule has 0 radical (unpaired) electrons. The largest absolute Gasteiger partial charge is 0.370 e. The Balaban J connectivity index is 2.06. The maximum atomic E-state index is 4.42. The highest BCUT2D eigenvalue weighted by Gasteiger charge is 2.05. The van der Waals surface area contributed by atoms with E-state index >= 15 is 0 Å². The third-order valence-electron chi connectivity index (χ3n) is 3.29. The van der Waals surface area contributed by atoms with Crippen LogP contribution in [0.3, 0.4) is 0 Å². The number of nitrogens with zero attached hydrogens (tertiary/aromatic N) is 2. The van der Waals surface area contributed by atoms with Crippen LogP contribution in [0.1, 0.15) is 13.3 Å². The van der Waals surface area contributed by atoms with Crippen molar-refractivity contribution in [2.45, 2.75) is 13.3 Å². The molecule has 0 spiro atoms. The van der Waals surface area contributed by atoms with Crippen LogP contribution in [0.4, 0.5) is 5.82 Å². The SMILES string of the molecule is CCCNc1cc(-c2cccc3ccccc23)ncn1. The Morgan fingerprint density at radius 1 is 1.00 bits per heavy atom. The first kappa shape index (κ1) is 12.6. The van der Waals surface area contributed by atoms with Crippen LogP contribution in [0.5, 0.6) is 0 Å². The summed E-state index contributed by atoms with van der Waals surface area (Å²) < 4.78 is 0. The van der Waals surface area contributed by atoms with E-state index in [4.69, 9.17) is 0 Å². The molecule has 0 bridgehead atoms. The van der Waals surface area contributed by atoms with Gasteiger partial charge in [-0.2, -0.15) is 0 Å². The molecular weight excluding hydrogens is 246 g/mol. The molecule has 3 nitrogen and oxygen atoms in total. The van der Waals surface area contributed by atoms with E-state index in [0.717, 1.165) is 30.0 Å². The van der Waals surface area contributed by atoms with E-state index in [2.05, 4.69) is 64.7 Å². The zero-order chi connectivity index (χ0) is 13.8. The molecule has 100 valence electrons. The summed E-state index contributed by atoms with van der Waals surface area (Å²) in [6.07, 6.45) is 2.70. The van der Waals surface area contributed by atoms with E-state index in [1.165, 1.54) is 10.8 Å². The fourth-order valence-electron chi connectivity index (χ4n) is 2.30. The summed E-state index contributed by atoms with van der Waals surface area (Å²) in [6.45, 7) is 3.06. The van der Waals surface area contributed by atoms with Gasteiger partial charge in [-0.05, 0) is 17.2 Å². The summed E-state index contributed by atoms with van der Waals surface area (Å²) in [6, 6.07) is 16.7. The van der Waals surface area contributed by atoms with E-state index in [1.807, 2.05) is 6.07 Å². The van der Waals surface area contributed by atoms with E-state index in [1.54, 1.807) is 6.33 Å². The van der Waals surface area contributed by atoms with Gasteiger partial charge in [0.25, 0.3) is 0 Å². The van der Waals surface area contributed by atoms with Gasteiger partial charge in [-0.3, -0.25) is 0 Å². The fourth-order valence-corrected chi connectivity index (χ4v) is 2.30. The van der Waals surface area contributed by atoms with Crippen LogP contribution in [0.25, 0.3) is 22.0 Å². The molecule has 3 aromatic rings. The van der Waals surface area contributed by atoms with Gasteiger partial charge < -0.3 is 5.32 Å². The number of rotatable bonds is 4. The molecule has 0 saturated heterocycles. The van der Waals surface area contributed by atoms with Crippen LogP contribution in [0.2, 0.25) is 0 Å². The number of hydrogen-bond acceptors (Lipinski definition) is 3. The molecule has 1 aromatic heterocycles. The van der Waals surface area contributed by atoms with Crippen LogP contribution in [0.15, 0.2) is 54.9 Å². The minimum Gasteiger partial charge on any atom is -0.370 e. The molecule has 0 unspecified atom stereocenters. The lowest BCUT2D eigenvalue weighted by Crippen LogP contribution is -2.02. The lowest BCUT2D eigenvalue weighted by Gasteiger charge is -2.08. The Morgan fingerprint density at radius 2 is 1.85 bits per heavy atom. The molecule has 2 aromatic carbocycles. The normalized spacial score (nSPS) is 10.7. The summed E-state index contributed by atoms with van der Waals surface area (Å²) in [7, 11) is 0. The molecular formula is C17H17N3. The van der Waals surface area contributed by atoms with Crippen molar-refractivity contribution in [3.05, 3.63) is 54.9 Å². The van der Waals surface area contributed by atoms with Crippen molar-refractivity contribution in [2.24, 2.45) is 0 Å². The standard InChI is InChI=1S/C17H17N3/c1-2-10-18-17-11-16(19-12-20-17)15-9-5-7-13-6-3-4-8-14(13)15/h3-9,11-12H,2,10H2,1H3,(H,18,19,20). The lowest BCUT2D eigenvalue weighted by atomic mass is 10.0. The smallest absolute Gasteiger partial charge is 0.129 e. The van der Waals surface area contributed by atoms with Crippen molar-refractivity contribution in [3.63, 3.8) is 0 Å². The molecule has 0 fully saturated rings. The molecule has 0 saturated carbocycles. The van der Waals surface area contributed by atoms with Crippen molar-refractivity contribution < 1.29 is 0 Å². The van der Waals surface area contributed by atoms with Crippen LogP contribution in [-0.2, 0) is 0 Å². The summed E-state index contributed by atoms with van der Waals surface area (Å²) in [4.78, 5) is 8.68. The first-order valence-electron chi connectivity index (χ1n) is 6.92. The minimum atomic E-state index is 0.879. The zero-order valence-electron chi connectivity index (χ0n) is 11.5. The number of hydrogen-bond donors (Lipinski definition) is 1. The summed E-state index contributed by atoms with van der Waals surface area (Å²) >= 11 is 0. The van der Waals surface area contributed by atoms with Crippen LogP contribution < -0.4 is 5.32 Å². The third-order valence-corrected chi connectivity index (χ3v) is 3.29. The van der Waals surface area contributed by atoms with Gasteiger partial charge in [-0.25, -0.2) is 9.97 Å². The molecule has 0 aliphatic rings.